The molecular weight excluding hydrogens is 416 g/mol. The maximum Gasteiger partial charge on any atom is 0.337 e. The zero-order valence-electron chi connectivity index (χ0n) is 15.8. The Labute approximate surface area is 176 Å². The molecule has 29 heavy (non-hydrogen) atoms. The highest BCUT2D eigenvalue weighted by atomic mass is 35.5. The van der Waals surface area contributed by atoms with Crippen molar-refractivity contribution in [3.8, 4) is 11.5 Å². The van der Waals surface area contributed by atoms with Crippen molar-refractivity contribution in [3.63, 3.8) is 0 Å². The smallest absolute Gasteiger partial charge is 0.337 e. The Bertz CT molecular complexity index is 1050. The van der Waals surface area contributed by atoms with Crippen LogP contribution in [0, 0.1) is 0 Å². The van der Waals surface area contributed by atoms with Gasteiger partial charge in [0.15, 0.2) is 5.17 Å². The molecule has 0 radical (unpaired) electrons. The van der Waals surface area contributed by atoms with Crippen molar-refractivity contribution in [1.29, 1.82) is 0 Å². The number of carbonyl (C=O) groups is 2. The number of benzene rings is 2. The number of likely N-dealkylation sites (N-methyl/N-ethyl adjacent to an activating group) is 1. The van der Waals surface area contributed by atoms with E-state index in [2.05, 4.69) is 4.99 Å². The maximum absolute atomic E-state index is 12.6. The Hall–Kier alpha value is -2.97. The summed E-state index contributed by atoms with van der Waals surface area (Å²) < 4.78 is 10.6. The van der Waals surface area contributed by atoms with E-state index in [0.29, 0.717) is 27.3 Å². The van der Waals surface area contributed by atoms with Gasteiger partial charge in [0.25, 0.3) is 5.91 Å². The number of carboxylic acid groups (broad SMARTS) is 1. The third-order valence-corrected chi connectivity index (χ3v) is 5.53. The molecule has 1 fully saturated rings. The lowest BCUT2D eigenvalue weighted by atomic mass is 10.1. The number of hydrogen-bond acceptors (Lipinski definition) is 6. The first-order valence-corrected chi connectivity index (χ1v) is 9.54. The number of halogens is 1. The Balaban J connectivity index is 1.94. The van der Waals surface area contributed by atoms with E-state index in [-0.39, 0.29) is 16.5 Å². The van der Waals surface area contributed by atoms with Gasteiger partial charge >= 0.3 is 5.97 Å². The lowest BCUT2D eigenvalue weighted by Gasteiger charge is -2.08. The SMILES string of the molecule is COc1ccc(/C=C2\SC(=Nc3ccc(Cl)c(C(=O)O)c3)N(C)C2=O)c(OC)c1. The molecule has 7 nitrogen and oxygen atoms in total. The lowest BCUT2D eigenvalue weighted by Crippen LogP contribution is -2.23. The van der Waals surface area contributed by atoms with Crippen LogP contribution in [0.15, 0.2) is 46.3 Å². The molecule has 0 aromatic heterocycles. The quantitative estimate of drug-likeness (QED) is 0.709. The summed E-state index contributed by atoms with van der Waals surface area (Å²) in [5.41, 5.74) is 1.06. The van der Waals surface area contributed by atoms with E-state index in [1.807, 2.05) is 0 Å². The number of rotatable bonds is 5. The monoisotopic (exact) mass is 432 g/mol. The summed E-state index contributed by atoms with van der Waals surface area (Å²) >= 11 is 7.08. The fourth-order valence-corrected chi connectivity index (χ4v) is 3.76. The highest BCUT2D eigenvalue weighted by Crippen LogP contribution is 2.36. The average molecular weight is 433 g/mol. The van der Waals surface area contributed by atoms with Gasteiger partial charge in [-0.2, -0.15) is 0 Å². The molecule has 1 aliphatic heterocycles. The van der Waals surface area contributed by atoms with Gasteiger partial charge in [0.1, 0.15) is 11.5 Å². The van der Waals surface area contributed by atoms with Crippen LogP contribution in [0.4, 0.5) is 5.69 Å². The largest absolute Gasteiger partial charge is 0.497 e. The van der Waals surface area contributed by atoms with Gasteiger partial charge in [-0.05, 0) is 48.2 Å². The van der Waals surface area contributed by atoms with E-state index in [4.69, 9.17) is 21.1 Å². The molecule has 1 N–H and O–H groups in total. The number of hydrogen-bond donors (Lipinski definition) is 1. The zero-order chi connectivity index (χ0) is 21.1. The Morgan fingerprint density at radius 3 is 2.62 bits per heavy atom. The first-order valence-electron chi connectivity index (χ1n) is 8.35. The number of aliphatic imine (C=N–C) groups is 1. The standard InChI is InChI=1S/C20H17ClN2O5S/c1-23-18(24)17(8-11-4-6-13(27-2)10-16(11)28-3)29-20(23)22-12-5-7-15(21)14(9-12)19(25)26/h4-10H,1-3H3,(H,25,26)/b17-8-,22-20?. The average Bonchev–Trinajstić information content (AvgIpc) is 2.97. The van der Waals surface area contributed by atoms with Gasteiger partial charge in [-0.25, -0.2) is 9.79 Å². The van der Waals surface area contributed by atoms with Crippen LogP contribution in [0.25, 0.3) is 6.08 Å². The highest BCUT2D eigenvalue weighted by Gasteiger charge is 2.30. The lowest BCUT2D eigenvalue weighted by molar-refractivity contribution is -0.121. The van der Waals surface area contributed by atoms with Crippen molar-refractivity contribution >= 4 is 52.2 Å². The first kappa shape index (κ1) is 20.8. The molecule has 1 saturated heterocycles. The molecule has 2 aromatic rings. The molecule has 1 amide bonds. The molecule has 0 aliphatic carbocycles. The fourth-order valence-electron chi connectivity index (χ4n) is 2.59. The molecule has 3 rings (SSSR count). The number of carbonyl (C=O) groups excluding carboxylic acids is 1. The summed E-state index contributed by atoms with van der Waals surface area (Å²) in [6.07, 6.45) is 1.72. The van der Waals surface area contributed by atoms with Crippen molar-refractivity contribution in [2.24, 2.45) is 4.99 Å². The Kier molecular flexibility index (Phi) is 6.14. The van der Waals surface area contributed by atoms with E-state index in [0.717, 1.165) is 5.56 Å². The summed E-state index contributed by atoms with van der Waals surface area (Å²) in [4.78, 5) is 30.2. The molecule has 1 heterocycles. The molecule has 150 valence electrons. The van der Waals surface area contributed by atoms with Gasteiger partial charge in [0.05, 0.1) is 35.4 Å². The second-order valence-corrected chi connectivity index (χ2v) is 7.36. The molecule has 1 aliphatic rings. The Morgan fingerprint density at radius 1 is 1.21 bits per heavy atom. The van der Waals surface area contributed by atoms with Gasteiger partial charge in [0, 0.05) is 18.7 Å². The number of amides is 1. The molecular formula is C20H17ClN2O5S. The van der Waals surface area contributed by atoms with Gasteiger partial charge in [-0.1, -0.05) is 11.6 Å². The second-order valence-electron chi connectivity index (χ2n) is 5.95. The molecule has 0 saturated carbocycles. The van der Waals surface area contributed by atoms with Crippen LogP contribution >= 0.6 is 23.4 Å². The maximum atomic E-state index is 12.6. The van der Waals surface area contributed by atoms with Gasteiger partial charge in [-0.15, -0.1) is 0 Å². The molecule has 0 bridgehead atoms. The zero-order valence-corrected chi connectivity index (χ0v) is 17.4. The molecule has 0 spiro atoms. The first-order chi connectivity index (χ1) is 13.8. The summed E-state index contributed by atoms with van der Waals surface area (Å²) in [6.45, 7) is 0. The number of carboxylic acids is 1. The predicted octanol–water partition coefficient (Wildman–Crippen LogP) is 4.29. The number of nitrogens with zero attached hydrogens (tertiary/aromatic N) is 2. The summed E-state index contributed by atoms with van der Waals surface area (Å²) in [7, 11) is 4.71. The van der Waals surface area contributed by atoms with Crippen molar-refractivity contribution in [3.05, 3.63) is 57.5 Å². The summed E-state index contributed by atoms with van der Waals surface area (Å²) in [5.74, 6) is -0.153. The van der Waals surface area contributed by atoms with Crippen LogP contribution in [-0.4, -0.2) is 48.3 Å². The summed E-state index contributed by atoms with van der Waals surface area (Å²) in [6, 6.07) is 9.73. The number of methoxy groups -OCH3 is 2. The predicted molar refractivity (Wildman–Crippen MR) is 113 cm³/mol. The van der Waals surface area contributed by atoms with Crippen molar-refractivity contribution in [2.45, 2.75) is 0 Å². The molecule has 2 aromatic carbocycles. The number of thioether (sulfide) groups is 1. The molecule has 0 atom stereocenters. The van der Waals surface area contributed by atoms with Crippen LogP contribution in [-0.2, 0) is 4.79 Å². The number of amidine groups is 1. The molecule has 0 unspecified atom stereocenters. The van der Waals surface area contributed by atoms with Crippen LogP contribution in [0.1, 0.15) is 15.9 Å². The van der Waals surface area contributed by atoms with E-state index in [1.165, 1.54) is 28.8 Å². The minimum atomic E-state index is -1.15. The number of ether oxygens (including phenoxy) is 2. The van der Waals surface area contributed by atoms with Crippen molar-refractivity contribution in [1.82, 2.24) is 4.90 Å². The van der Waals surface area contributed by atoms with Crippen LogP contribution in [0.5, 0.6) is 11.5 Å². The van der Waals surface area contributed by atoms with Crippen LogP contribution in [0.3, 0.4) is 0 Å². The minimum absolute atomic E-state index is 0.0516. The van der Waals surface area contributed by atoms with E-state index < -0.39 is 5.97 Å². The fraction of sp³-hybridized carbons (Fsp3) is 0.150. The summed E-state index contributed by atoms with van der Waals surface area (Å²) in [5, 5.41) is 9.75. The van der Waals surface area contributed by atoms with Gasteiger partial charge in [-0.3, -0.25) is 9.69 Å². The molecule has 9 heteroatoms. The van der Waals surface area contributed by atoms with E-state index in [9.17, 15) is 14.7 Å². The topological polar surface area (TPSA) is 88.4 Å². The normalized spacial score (nSPS) is 16.6. The third-order valence-electron chi connectivity index (χ3n) is 4.14. The van der Waals surface area contributed by atoms with Crippen LogP contribution in [0.2, 0.25) is 5.02 Å². The second kappa shape index (κ2) is 8.59. The van der Waals surface area contributed by atoms with Gasteiger partial charge in [0.2, 0.25) is 0 Å². The Morgan fingerprint density at radius 2 is 1.97 bits per heavy atom. The number of aromatic carboxylic acids is 1. The van der Waals surface area contributed by atoms with E-state index in [1.54, 1.807) is 51.6 Å². The van der Waals surface area contributed by atoms with E-state index >= 15 is 0 Å². The minimum Gasteiger partial charge on any atom is -0.497 e. The van der Waals surface area contributed by atoms with Crippen molar-refractivity contribution in [2.75, 3.05) is 21.3 Å². The van der Waals surface area contributed by atoms with Crippen molar-refractivity contribution < 1.29 is 24.2 Å². The van der Waals surface area contributed by atoms with Gasteiger partial charge < -0.3 is 14.6 Å². The highest BCUT2D eigenvalue weighted by molar-refractivity contribution is 8.18. The van der Waals surface area contributed by atoms with Crippen LogP contribution < -0.4 is 9.47 Å². The third kappa shape index (κ3) is 4.38.